The van der Waals surface area contributed by atoms with Gasteiger partial charge in [-0.1, -0.05) is 12.1 Å². The number of anilines is 1. The lowest BCUT2D eigenvalue weighted by atomic mass is 10.1. The van der Waals surface area contributed by atoms with Crippen molar-refractivity contribution in [1.29, 1.82) is 0 Å². The summed E-state index contributed by atoms with van der Waals surface area (Å²) in [5.74, 6) is 0. The Bertz CT molecular complexity index is 270. The van der Waals surface area contributed by atoms with Gasteiger partial charge in [0.05, 0.1) is 19.3 Å². The Kier molecular flexibility index (Phi) is 3.01. The van der Waals surface area contributed by atoms with Crippen LogP contribution in [0.1, 0.15) is 0 Å². The van der Waals surface area contributed by atoms with Crippen molar-refractivity contribution in [3.8, 4) is 0 Å². The topological polar surface area (TPSA) is 32.7 Å². The zero-order valence-electron chi connectivity index (χ0n) is 8.02. The van der Waals surface area contributed by atoms with Crippen LogP contribution in [0.2, 0.25) is 0 Å². The lowest BCUT2D eigenvalue weighted by molar-refractivity contribution is 0.0135. The summed E-state index contributed by atoms with van der Waals surface area (Å²) in [7, 11) is 0. The molecule has 1 saturated heterocycles. The highest BCUT2D eigenvalue weighted by Crippen LogP contribution is 2.21. The summed E-state index contributed by atoms with van der Waals surface area (Å²) in [5.41, 5.74) is 1.22. The fourth-order valence-corrected chi connectivity index (χ4v) is 1.56. The molecule has 1 N–H and O–H groups in total. The van der Waals surface area contributed by atoms with Gasteiger partial charge in [-0.25, -0.2) is 0 Å². The van der Waals surface area contributed by atoms with Crippen molar-refractivity contribution in [2.45, 2.75) is 6.10 Å². The number of ether oxygens (including phenoxy) is 1. The van der Waals surface area contributed by atoms with Crippen molar-refractivity contribution >= 4 is 5.69 Å². The van der Waals surface area contributed by atoms with Gasteiger partial charge in [-0.2, -0.15) is 0 Å². The van der Waals surface area contributed by atoms with Crippen molar-refractivity contribution in [3.63, 3.8) is 0 Å². The van der Waals surface area contributed by atoms with E-state index < -0.39 is 0 Å². The second-order valence-corrected chi connectivity index (χ2v) is 3.38. The Morgan fingerprint density at radius 1 is 1.43 bits per heavy atom. The van der Waals surface area contributed by atoms with Crippen molar-refractivity contribution in [1.82, 2.24) is 0 Å². The number of rotatable bonds is 4. The van der Waals surface area contributed by atoms with Gasteiger partial charge < -0.3 is 14.7 Å². The number of hydrogen-bond acceptors (Lipinski definition) is 3. The molecule has 0 atom stereocenters. The van der Waals surface area contributed by atoms with E-state index in [1.54, 1.807) is 0 Å². The molecule has 1 aromatic rings. The quantitative estimate of drug-likeness (QED) is 0.761. The first kappa shape index (κ1) is 9.49. The second kappa shape index (κ2) is 4.44. The van der Waals surface area contributed by atoms with Crippen LogP contribution in [-0.2, 0) is 4.74 Å². The van der Waals surface area contributed by atoms with Crippen molar-refractivity contribution in [3.05, 3.63) is 30.3 Å². The van der Waals surface area contributed by atoms with Crippen molar-refractivity contribution in [2.75, 3.05) is 31.2 Å². The Labute approximate surface area is 83.9 Å². The average molecular weight is 192 g/mol. The summed E-state index contributed by atoms with van der Waals surface area (Å²) in [6.45, 7) is 2.39. The summed E-state index contributed by atoms with van der Waals surface area (Å²) in [6.07, 6.45) is 0.284. The van der Waals surface area contributed by atoms with Gasteiger partial charge in [-0.05, 0) is 18.2 Å². The molecule has 2 rings (SSSR count). The summed E-state index contributed by atoms with van der Waals surface area (Å²) in [6, 6.07) is 10.9. The van der Waals surface area contributed by atoms with Crippen LogP contribution in [0.4, 0.5) is 5.69 Å². The standard InChI is InChI=1S/C11H14NO2/c13-6-7-14-11-8-12(9-11)10-4-2-1-3-5-10/h2-5,11,13H,6-9H2. The maximum atomic E-state index is 8.57. The second-order valence-electron chi connectivity index (χ2n) is 3.38. The van der Waals surface area contributed by atoms with Gasteiger partial charge in [0.15, 0.2) is 0 Å². The number of nitrogens with zero attached hydrogens (tertiary/aromatic N) is 1. The third-order valence-corrected chi connectivity index (χ3v) is 2.36. The van der Waals surface area contributed by atoms with E-state index in [1.807, 2.05) is 24.3 Å². The summed E-state index contributed by atoms with van der Waals surface area (Å²) in [5, 5.41) is 8.57. The van der Waals surface area contributed by atoms with Crippen LogP contribution in [0, 0.1) is 6.07 Å². The van der Waals surface area contributed by atoms with Gasteiger partial charge in [-0.3, -0.25) is 0 Å². The van der Waals surface area contributed by atoms with E-state index in [0.29, 0.717) is 6.61 Å². The molecule has 3 nitrogen and oxygen atoms in total. The van der Waals surface area contributed by atoms with Gasteiger partial charge in [0.1, 0.15) is 0 Å². The monoisotopic (exact) mass is 192 g/mol. The molecular weight excluding hydrogens is 178 g/mol. The fourth-order valence-electron chi connectivity index (χ4n) is 1.56. The number of aliphatic hydroxyl groups is 1. The summed E-state index contributed by atoms with van der Waals surface area (Å²) in [4.78, 5) is 2.25. The van der Waals surface area contributed by atoms with Crippen LogP contribution < -0.4 is 4.90 Å². The minimum absolute atomic E-state index is 0.108. The Morgan fingerprint density at radius 2 is 2.14 bits per heavy atom. The Morgan fingerprint density at radius 3 is 2.79 bits per heavy atom. The lowest BCUT2D eigenvalue weighted by Crippen LogP contribution is -2.52. The average Bonchev–Trinajstić information content (AvgIpc) is 2.17. The van der Waals surface area contributed by atoms with Crippen LogP contribution >= 0.6 is 0 Å². The lowest BCUT2D eigenvalue weighted by Gasteiger charge is -2.40. The van der Waals surface area contributed by atoms with E-state index in [0.717, 1.165) is 13.1 Å². The predicted octanol–water partition coefficient (Wildman–Crippen LogP) is 0.684. The maximum absolute atomic E-state index is 8.57. The van der Waals surface area contributed by atoms with Crippen LogP contribution in [-0.4, -0.2) is 37.5 Å². The summed E-state index contributed by atoms with van der Waals surface area (Å²) >= 11 is 0. The first-order chi connectivity index (χ1) is 6.90. The van der Waals surface area contributed by atoms with Gasteiger partial charge in [0, 0.05) is 18.8 Å². The first-order valence-corrected chi connectivity index (χ1v) is 4.83. The highest BCUT2D eigenvalue weighted by atomic mass is 16.5. The van der Waals surface area contributed by atoms with E-state index in [2.05, 4.69) is 11.0 Å². The van der Waals surface area contributed by atoms with Crippen LogP contribution in [0.3, 0.4) is 0 Å². The molecule has 1 fully saturated rings. The highest BCUT2D eigenvalue weighted by molar-refractivity contribution is 5.48. The summed E-state index contributed by atoms with van der Waals surface area (Å²) < 4.78 is 5.38. The third kappa shape index (κ3) is 2.05. The molecule has 14 heavy (non-hydrogen) atoms. The minimum Gasteiger partial charge on any atom is -0.394 e. The first-order valence-electron chi connectivity index (χ1n) is 4.83. The molecule has 0 aromatic heterocycles. The Balaban J connectivity index is 1.78. The van der Waals surface area contributed by atoms with Crippen molar-refractivity contribution < 1.29 is 9.84 Å². The van der Waals surface area contributed by atoms with Crippen LogP contribution in [0.5, 0.6) is 0 Å². The molecule has 1 aromatic carbocycles. The highest BCUT2D eigenvalue weighted by Gasteiger charge is 2.26. The number of aliphatic hydroxyl groups excluding tert-OH is 1. The van der Waals surface area contributed by atoms with E-state index in [4.69, 9.17) is 9.84 Å². The number of benzene rings is 1. The van der Waals surface area contributed by atoms with E-state index >= 15 is 0 Å². The van der Waals surface area contributed by atoms with Gasteiger partial charge >= 0.3 is 0 Å². The van der Waals surface area contributed by atoms with Crippen LogP contribution in [0.15, 0.2) is 24.3 Å². The number of hydrogen-bond donors (Lipinski definition) is 1. The SMILES string of the molecule is OCCOC1CN(c2cc[c]cc2)C1. The largest absolute Gasteiger partial charge is 0.394 e. The molecule has 1 aliphatic heterocycles. The zero-order valence-corrected chi connectivity index (χ0v) is 8.02. The molecule has 0 saturated carbocycles. The normalized spacial score (nSPS) is 16.8. The molecule has 1 aliphatic rings. The molecule has 1 radical (unpaired) electrons. The van der Waals surface area contributed by atoms with E-state index in [-0.39, 0.29) is 12.7 Å². The minimum atomic E-state index is 0.108. The molecule has 3 heteroatoms. The van der Waals surface area contributed by atoms with Gasteiger partial charge in [-0.15, -0.1) is 0 Å². The fraction of sp³-hybridized carbons (Fsp3) is 0.455. The third-order valence-electron chi connectivity index (χ3n) is 2.36. The maximum Gasteiger partial charge on any atom is 0.0925 e. The molecule has 0 bridgehead atoms. The molecule has 0 aliphatic carbocycles. The molecule has 0 amide bonds. The molecule has 0 unspecified atom stereocenters. The van der Waals surface area contributed by atoms with Crippen molar-refractivity contribution in [2.24, 2.45) is 0 Å². The molecular formula is C11H14NO2. The predicted molar refractivity (Wildman–Crippen MR) is 54.3 cm³/mol. The smallest absolute Gasteiger partial charge is 0.0925 e. The zero-order chi connectivity index (χ0) is 9.80. The van der Waals surface area contributed by atoms with Gasteiger partial charge in [0.25, 0.3) is 0 Å². The molecule has 1 heterocycles. The Hall–Kier alpha value is -1.06. The van der Waals surface area contributed by atoms with E-state index in [9.17, 15) is 0 Å². The molecule has 0 spiro atoms. The molecule has 75 valence electrons. The van der Waals surface area contributed by atoms with Crippen LogP contribution in [0.25, 0.3) is 0 Å². The van der Waals surface area contributed by atoms with E-state index in [1.165, 1.54) is 5.69 Å². The van der Waals surface area contributed by atoms with Gasteiger partial charge in [0.2, 0.25) is 0 Å².